The molecule has 8 heteroatoms. The maximum atomic E-state index is 14.1. The van der Waals surface area contributed by atoms with Gasteiger partial charge in [-0.1, -0.05) is 63.4 Å². The average Bonchev–Trinajstić information content (AvgIpc) is 2.48. The second kappa shape index (κ2) is 7.87. The summed E-state index contributed by atoms with van der Waals surface area (Å²) in [7, 11) is 0. The predicted molar refractivity (Wildman–Crippen MR) is 98.1 cm³/mol. The Kier molecular flexibility index (Phi) is 6.41. The fourth-order valence-corrected chi connectivity index (χ4v) is 3.23. The van der Waals surface area contributed by atoms with Crippen molar-refractivity contribution in [2.45, 2.75) is 24.9 Å². The maximum absolute atomic E-state index is 14.1. The van der Waals surface area contributed by atoms with Crippen LogP contribution in [0, 0.1) is 6.92 Å². The number of allylic oxidation sites excluding steroid dienone is 1. The minimum atomic E-state index is -5.73. The monoisotopic (exact) mass is 472 g/mol. The van der Waals surface area contributed by atoms with Gasteiger partial charge in [-0.3, -0.25) is 0 Å². The van der Waals surface area contributed by atoms with E-state index >= 15 is 0 Å². The van der Waals surface area contributed by atoms with Gasteiger partial charge in [-0.05, 0) is 47.9 Å². The topological polar surface area (TPSA) is 0 Å². The molecule has 0 fully saturated rings. The van der Waals surface area contributed by atoms with Crippen molar-refractivity contribution in [2.24, 2.45) is 0 Å². The van der Waals surface area contributed by atoms with Gasteiger partial charge in [0.1, 0.15) is 0 Å². The highest BCUT2D eigenvalue weighted by molar-refractivity contribution is 9.10. The van der Waals surface area contributed by atoms with Crippen LogP contribution < -0.4 is 0 Å². The number of aryl methyl sites for hydroxylation is 1. The van der Waals surface area contributed by atoms with Gasteiger partial charge in [-0.15, -0.1) is 0 Å². The molecule has 0 aliphatic heterocycles. The summed E-state index contributed by atoms with van der Waals surface area (Å²) < 4.78 is 67.8. The first kappa shape index (κ1) is 21.2. The van der Waals surface area contributed by atoms with Crippen molar-refractivity contribution in [1.29, 1.82) is 0 Å². The van der Waals surface area contributed by atoms with Gasteiger partial charge >= 0.3 is 12.1 Å². The maximum Gasteiger partial charge on any atom is 0.454 e. The lowest BCUT2D eigenvalue weighted by atomic mass is 9.91. The highest BCUT2D eigenvalue weighted by Gasteiger charge is 2.61. The fourth-order valence-electron chi connectivity index (χ4n) is 2.29. The zero-order chi connectivity index (χ0) is 19.7. The van der Waals surface area contributed by atoms with Crippen LogP contribution in [0.15, 0.2) is 46.9 Å². The standard InChI is InChI=1S/C18H12BrCl2F5/c1-10-2-3-11(6-16(10)19)4-5-15(17(22,23)18(24,25)26)12-7-13(20)9-14(21)8-12/h2-9,15H,1H3/b5-4+. The smallest absolute Gasteiger partial charge is 0.195 e. The summed E-state index contributed by atoms with van der Waals surface area (Å²) >= 11 is 14.8. The molecule has 0 amide bonds. The fraction of sp³-hybridized carbons (Fsp3) is 0.222. The van der Waals surface area contributed by atoms with E-state index in [1.807, 2.05) is 6.92 Å². The summed E-state index contributed by atoms with van der Waals surface area (Å²) in [6.07, 6.45) is -3.71. The second-order valence-electron chi connectivity index (χ2n) is 5.67. The Bertz CT molecular complexity index is 811. The van der Waals surface area contributed by atoms with Gasteiger partial charge in [-0.25, -0.2) is 0 Å². The van der Waals surface area contributed by atoms with Crippen LogP contribution in [0.3, 0.4) is 0 Å². The van der Waals surface area contributed by atoms with Gasteiger partial charge in [0.05, 0.1) is 5.92 Å². The molecule has 1 atom stereocenters. The normalized spacial score (nSPS) is 14.0. The molecule has 0 N–H and O–H groups in total. The third-order valence-corrected chi connectivity index (χ3v) is 4.98. The van der Waals surface area contributed by atoms with E-state index in [9.17, 15) is 22.0 Å². The molecule has 2 aromatic carbocycles. The molecule has 140 valence electrons. The molecule has 0 aliphatic rings. The lowest BCUT2D eigenvalue weighted by Crippen LogP contribution is -2.41. The molecule has 2 aromatic rings. The molecular formula is C18H12BrCl2F5. The third kappa shape index (κ3) is 4.78. The van der Waals surface area contributed by atoms with Crippen LogP contribution >= 0.6 is 39.1 Å². The number of halogens is 8. The van der Waals surface area contributed by atoms with Crippen molar-refractivity contribution < 1.29 is 22.0 Å². The molecule has 0 heterocycles. The Morgan fingerprint density at radius 3 is 2.04 bits per heavy atom. The van der Waals surface area contributed by atoms with Gasteiger partial charge in [0.2, 0.25) is 0 Å². The van der Waals surface area contributed by atoms with E-state index in [1.165, 1.54) is 12.1 Å². The first-order chi connectivity index (χ1) is 11.9. The van der Waals surface area contributed by atoms with Crippen LogP contribution in [0.1, 0.15) is 22.6 Å². The minimum Gasteiger partial charge on any atom is -0.195 e. The number of benzene rings is 2. The molecule has 0 bridgehead atoms. The lowest BCUT2D eigenvalue weighted by molar-refractivity contribution is -0.286. The van der Waals surface area contributed by atoms with Crippen LogP contribution in [0.25, 0.3) is 6.08 Å². The van der Waals surface area contributed by atoms with E-state index in [2.05, 4.69) is 15.9 Å². The highest BCUT2D eigenvalue weighted by Crippen LogP contribution is 2.47. The Morgan fingerprint density at radius 2 is 1.54 bits per heavy atom. The van der Waals surface area contributed by atoms with Crippen LogP contribution in [-0.2, 0) is 0 Å². The zero-order valence-corrected chi connectivity index (χ0v) is 16.3. The minimum absolute atomic E-state index is 0.0260. The van der Waals surface area contributed by atoms with Crippen molar-refractivity contribution in [3.05, 3.63) is 73.7 Å². The Morgan fingerprint density at radius 1 is 0.962 bits per heavy atom. The van der Waals surface area contributed by atoms with Gasteiger partial charge in [0, 0.05) is 14.5 Å². The predicted octanol–water partition coefficient (Wildman–Crippen LogP) is 8.06. The second-order valence-corrected chi connectivity index (χ2v) is 7.40. The highest BCUT2D eigenvalue weighted by atomic mass is 79.9. The van der Waals surface area contributed by atoms with Crippen LogP contribution in [0.5, 0.6) is 0 Å². The quantitative estimate of drug-likeness (QED) is 0.394. The van der Waals surface area contributed by atoms with Crippen molar-refractivity contribution in [3.8, 4) is 0 Å². The summed E-state index contributed by atoms with van der Waals surface area (Å²) in [5, 5.41) is -0.0519. The van der Waals surface area contributed by atoms with Gasteiger partial charge in [0.25, 0.3) is 0 Å². The largest absolute Gasteiger partial charge is 0.454 e. The number of rotatable bonds is 4. The summed E-state index contributed by atoms with van der Waals surface area (Å²) in [5.74, 6) is -7.28. The molecule has 0 saturated heterocycles. The van der Waals surface area contributed by atoms with Crippen LogP contribution in [-0.4, -0.2) is 12.1 Å². The molecule has 0 radical (unpaired) electrons. The molecular weight excluding hydrogens is 462 g/mol. The molecule has 0 spiro atoms. The Labute approximate surface area is 165 Å². The SMILES string of the molecule is Cc1ccc(/C=C/C(c2cc(Cl)cc(Cl)c2)C(F)(F)C(F)(F)F)cc1Br. The molecule has 2 rings (SSSR count). The van der Waals surface area contributed by atoms with Crippen molar-refractivity contribution in [2.75, 3.05) is 0 Å². The van der Waals surface area contributed by atoms with Crippen molar-refractivity contribution in [3.63, 3.8) is 0 Å². The van der Waals surface area contributed by atoms with Gasteiger partial charge in [0.15, 0.2) is 0 Å². The summed E-state index contributed by atoms with van der Waals surface area (Å²) in [4.78, 5) is 0. The van der Waals surface area contributed by atoms with Gasteiger partial charge in [-0.2, -0.15) is 22.0 Å². The van der Waals surface area contributed by atoms with Crippen LogP contribution in [0.2, 0.25) is 10.0 Å². The van der Waals surface area contributed by atoms with Crippen molar-refractivity contribution in [1.82, 2.24) is 0 Å². The zero-order valence-electron chi connectivity index (χ0n) is 13.2. The summed E-state index contributed by atoms with van der Waals surface area (Å²) in [6.45, 7) is 1.83. The molecule has 0 saturated carbocycles. The van der Waals surface area contributed by atoms with E-state index in [0.717, 1.165) is 23.8 Å². The molecule has 0 nitrogen and oxygen atoms in total. The lowest BCUT2D eigenvalue weighted by Gasteiger charge is -2.27. The van der Waals surface area contributed by atoms with E-state index in [4.69, 9.17) is 23.2 Å². The average molecular weight is 474 g/mol. The summed E-state index contributed by atoms with van der Waals surface area (Å²) in [6, 6.07) is 8.32. The molecule has 0 aliphatic carbocycles. The van der Waals surface area contributed by atoms with Gasteiger partial charge < -0.3 is 0 Å². The van der Waals surface area contributed by atoms with E-state index in [-0.39, 0.29) is 15.6 Å². The molecule has 26 heavy (non-hydrogen) atoms. The third-order valence-electron chi connectivity index (χ3n) is 3.69. The Balaban J connectivity index is 2.53. The van der Waals surface area contributed by atoms with Crippen molar-refractivity contribution >= 4 is 45.2 Å². The first-order valence-electron chi connectivity index (χ1n) is 7.26. The Hall–Kier alpha value is -1.11. The summed E-state index contributed by atoms with van der Waals surface area (Å²) in [5.41, 5.74) is 1.05. The number of alkyl halides is 5. The molecule has 0 aromatic heterocycles. The van der Waals surface area contributed by atoms with E-state index in [0.29, 0.717) is 10.0 Å². The van der Waals surface area contributed by atoms with E-state index < -0.39 is 18.0 Å². The number of hydrogen-bond acceptors (Lipinski definition) is 0. The van der Waals surface area contributed by atoms with E-state index in [1.54, 1.807) is 18.2 Å². The van der Waals surface area contributed by atoms with Crippen LogP contribution in [0.4, 0.5) is 22.0 Å². The first-order valence-corrected chi connectivity index (χ1v) is 8.81. The number of hydrogen-bond donors (Lipinski definition) is 0. The molecule has 1 unspecified atom stereocenters.